The Morgan fingerprint density at radius 2 is 1.95 bits per heavy atom. The summed E-state index contributed by atoms with van der Waals surface area (Å²) in [5, 5.41) is 6.17. The zero-order valence-corrected chi connectivity index (χ0v) is 11.9. The van der Waals surface area contributed by atoms with Crippen LogP contribution in [0.4, 0.5) is 0 Å². The molecule has 0 bridgehead atoms. The lowest BCUT2D eigenvalue weighted by Gasteiger charge is -2.34. The van der Waals surface area contributed by atoms with Gasteiger partial charge in [-0.15, -0.1) is 0 Å². The Balaban J connectivity index is 1.76. The van der Waals surface area contributed by atoms with Crippen molar-refractivity contribution in [1.29, 1.82) is 0 Å². The number of likely N-dealkylation sites (tertiary alicyclic amines) is 1. The second kappa shape index (κ2) is 6.37. The molecular weight excluding hydrogens is 242 g/mol. The summed E-state index contributed by atoms with van der Waals surface area (Å²) < 4.78 is 0. The molecule has 108 valence electrons. The van der Waals surface area contributed by atoms with Crippen molar-refractivity contribution in [3.8, 4) is 0 Å². The number of hydrogen-bond donors (Lipinski definition) is 2. The zero-order chi connectivity index (χ0) is 13.8. The molecule has 2 aliphatic heterocycles. The van der Waals surface area contributed by atoms with Crippen LogP contribution in [0.1, 0.15) is 33.1 Å². The Kier molecular flexibility index (Phi) is 4.80. The Hall–Kier alpha value is -1.10. The Morgan fingerprint density at radius 1 is 1.26 bits per heavy atom. The lowest BCUT2D eigenvalue weighted by Crippen LogP contribution is -2.49. The predicted octanol–water partition coefficient (Wildman–Crippen LogP) is 0.359. The number of nitrogens with zero attached hydrogens (tertiary/aromatic N) is 1. The predicted molar refractivity (Wildman–Crippen MR) is 73.6 cm³/mol. The average Bonchev–Trinajstić information content (AvgIpc) is 2.82. The lowest BCUT2D eigenvalue weighted by molar-refractivity contribution is -0.135. The molecule has 2 unspecified atom stereocenters. The highest BCUT2D eigenvalue weighted by atomic mass is 16.2. The smallest absolute Gasteiger partial charge is 0.239 e. The number of piperidine rings is 1. The van der Waals surface area contributed by atoms with Gasteiger partial charge in [0.25, 0.3) is 0 Å². The van der Waals surface area contributed by atoms with Crippen LogP contribution in [0.5, 0.6) is 0 Å². The minimum absolute atomic E-state index is 0.0203. The van der Waals surface area contributed by atoms with Gasteiger partial charge in [0, 0.05) is 26.6 Å². The molecule has 19 heavy (non-hydrogen) atoms. The van der Waals surface area contributed by atoms with Crippen LogP contribution in [0.25, 0.3) is 0 Å². The number of amides is 2. The summed E-state index contributed by atoms with van der Waals surface area (Å²) in [6, 6.07) is 0.0203. The summed E-state index contributed by atoms with van der Waals surface area (Å²) in [6.07, 6.45) is 3.08. The maximum absolute atomic E-state index is 12.4. The Morgan fingerprint density at radius 3 is 2.47 bits per heavy atom. The summed E-state index contributed by atoms with van der Waals surface area (Å²) in [7, 11) is 0. The first kappa shape index (κ1) is 14.3. The van der Waals surface area contributed by atoms with Crippen molar-refractivity contribution < 1.29 is 9.59 Å². The molecule has 0 aromatic heterocycles. The van der Waals surface area contributed by atoms with Gasteiger partial charge in [-0.25, -0.2) is 0 Å². The summed E-state index contributed by atoms with van der Waals surface area (Å²) in [4.78, 5) is 25.3. The van der Waals surface area contributed by atoms with E-state index >= 15 is 0 Å². The summed E-state index contributed by atoms with van der Waals surface area (Å²) in [6.45, 7) is 7.05. The number of carbonyl (C=O) groups is 2. The molecule has 0 aliphatic carbocycles. The number of hydrogen-bond acceptors (Lipinski definition) is 3. The third-order valence-electron chi connectivity index (χ3n) is 4.36. The standard InChI is InChI=1S/C14H25N3O2/c1-10-3-6-15-13(10)14(19)17-7-4-12(5-8-17)9-16-11(2)18/h10,12-13,15H,3-9H2,1-2H3,(H,16,18). The van der Waals surface area contributed by atoms with Gasteiger partial charge >= 0.3 is 0 Å². The minimum Gasteiger partial charge on any atom is -0.356 e. The summed E-state index contributed by atoms with van der Waals surface area (Å²) >= 11 is 0. The van der Waals surface area contributed by atoms with Gasteiger partial charge in [-0.05, 0) is 37.6 Å². The Labute approximate surface area is 115 Å². The molecule has 0 spiro atoms. The fraction of sp³-hybridized carbons (Fsp3) is 0.857. The van der Waals surface area contributed by atoms with Gasteiger partial charge < -0.3 is 15.5 Å². The normalized spacial score (nSPS) is 28.4. The van der Waals surface area contributed by atoms with Crippen LogP contribution in [0.2, 0.25) is 0 Å². The maximum Gasteiger partial charge on any atom is 0.239 e. The van der Waals surface area contributed by atoms with Gasteiger partial charge in [-0.2, -0.15) is 0 Å². The molecule has 2 aliphatic rings. The fourth-order valence-corrected chi connectivity index (χ4v) is 3.01. The molecule has 2 N–H and O–H groups in total. The zero-order valence-electron chi connectivity index (χ0n) is 11.9. The van der Waals surface area contributed by atoms with Crippen molar-refractivity contribution in [2.24, 2.45) is 11.8 Å². The largest absolute Gasteiger partial charge is 0.356 e. The molecule has 2 rings (SSSR count). The van der Waals surface area contributed by atoms with E-state index < -0.39 is 0 Å². The van der Waals surface area contributed by atoms with E-state index in [0.29, 0.717) is 11.8 Å². The first-order chi connectivity index (χ1) is 9.08. The maximum atomic E-state index is 12.4. The van der Waals surface area contributed by atoms with E-state index in [1.54, 1.807) is 6.92 Å². The fourth-order valence-electron chi connectivity index (χ4n) is 3.01. The second-order valence-corrected chi connectivity index (χ2v) is 5.90. The molecule has 2 saturated heterocycles. The van der Waals surface area contributed by atoms with Crippen LogP contribution >= 0.6 is 0 Å². The third kappa shape index (κ3) is 3.69. The van der Waals surface area contributed by atoms with Gasteiger partial charge in [0.05, 0.1) is 6.04 Å². The summed E-state index contributed by atoms with van der Waals surface area (Å²) in [5.74, 6) is 1.26. The van der Waals surface area contributed by atoms with Crippen molar-refractivity contribution >= 4 is 11.8 Å². The highest BCUT2D eigenvalue weighted by Crippen LogP contribution is 2.21. The molecule has 2 atom stereocenters. The van der Waals surface area contributed by atoms with Crippen molar-refractivity contribution in [2.45, 2.75) is 39.2 Å². The van der Waals surface area contributed by atoms with Crippen LogP contribution in [0.3, 0.4) is 0 Å². The van der Waals surface area contributed by atoms with E-state index in [1.807, 2.05) is 4.90 Å². The van der Waals surface area contributed by atoms with Crippen LogP contribution < -0.4 is 10.6 Å². The van der Waals surface area contributed by atoms with Gasteiger partial charge in [0.2, 0.25) is 11.8 Å². The van der Waals surface area contributed by atoms with Crippen molar-refractivity contribution in [3.05, 3.63) is 0 Å². The molecule has 0 aromatic rings. The molecule has 5 nitrogen and oxygen atoms in total. The molecule has 5 heteroatoms. The van der Waals surface area contributed by atoms with Crippen molar-refractivity contribution in [1.82, 2.24) is 15.5 Å². The molecular formula is C14H25N3O2. The summed E-state index contributed by atoms with van der Waals surface area (Å²) in [5.41, 5.74) is 0. The van der Waals surface area contributed by atoms with Crippen LogP contribution in [-0.4, -0.2) is 48.9 Å². The van der Waals surface area contributed by atoms with Crippen LogP contribution in [0, 0.1) is 11.8 Å². The van der Waals surface area contributed by atoms with Gasteiger partial charge in [0.15, 0.2) is 0 Å². The number of rotatable bonds is 3. The monoisotopic (exact) mass is 267 g/mol. The average molecular weight is 267 g/mol. The highest BCUT2D eigenvalue weighted by molar-refractivity contribution is 5.82. The molecule has 2 fully saturated rings. The van der Waals surface area contributed by atoms with E-state index in [-0.39, 0.29) is 17.9 Å². The highest BCUT2D eigenvalue weighted by Gasteiger charge is 2.33. The second-order valence-electron chi connectivity index (χ2n) is 5.90. The molecule has 2 amide bonds. The number of nitrogens with one attached hydrogen (secondary N) is 2. The van der Waals surface area contributed by atoms with Crippen molar-refractivity contribution in [3.63, 3.8) is 0 Å². The van der Waals surface area contributed by atoms with Gasteiger partial charge in [-0.3, -0.25) is 9.59 Å². The molecule has 0 aromatic carbocycles. The van der Waals surface area contributed by atoms with Crippen LogP contribution in [0.15, 0.2) is 0 Å². The molecule has 2 heterocycles. The molecule has 0 saturated carbocycles. The first-order valence-corrected chi connectivity index (χ1v) is 7.34. The van der Waals surface area contributed by atoms with E-state index in [4.69, 9.17) is 0 Å². The topological polar surface area (TPSA) is 61.4 Å². The SMILES string of the molecule is CC(=O)NCC1CCN(C(=O)C2NCCC2C)CC1. The molecule has 0 radical (unpaired) electrons. The van der Waals surface area contributed by atoms with E-state index in [0.717, 1.165) is 45.4 Å². The Bertz CT molecular complexity index is 338. The number of carbonyl (C=O) groups excluding carboxylic acids is 2. The van der Waals surface area contributed by atoms with Gasteiger partial charge in [-0.1, -0.05) is 6.92 Å². The van der Waals surface area contributed by atoms with Crippen LogP contribution in [-0.2, 0) is 9.59 Å². The van der Waals surface area contributed by atoms with E-state index in [9.17, 15) is 9.59 Å². The first-order valence-electron chi connectivity index (χ1n) is 7.34. The quantitative estimate of drug-likeness (QED) is 0.776. The van der Waals surface area contributed by atoms with E-state index in [2.05, 4.69) is 17.6 Å². The van der Waals surface area contributed by atoms with Gasteiger partial charge in [0.1, 0.15) is 0 Å². The minimum atomic E-state index is 0.0203. The van der Waals surface area contributed by atoms with Crippen molar-refractivity contribution in [2.75, 3.05) is 26.2 Å². The van der Waals surface area contributed by atoms with E-state index in [1.165, 1.54) is 0 Å². The lowest BCUT2D eigenvalue weighted by atomic mass is 9.95. The third-order valence-corrected chi connectivity index (χ3v) is 4.36.